The Bertz CT molecular complexity index is 661. The number of anilines is 1. The average Bonchev–Trinajstić information content (AvgIpc) is 2.77. The minimum atomic E-state index is -0.801. The van der Waals surface area contributed by atoms with Crippen LogP contribution in [-0.4, -0.2) is 27.7 Å². The van der Waals surface area contributed by atoms with Crippen LogP contribution in [0.5, 0.6) is 0 Å². The zero-order valence-corrected chi connectivity index (χ0v) is 12.7. The molecule has 0 fully saturated rings. The highest BCUT2D eigenvalue weighted by Gasteiger charge is 2.30. The van der Waals surface area contributed by atoms with E-state index in [0.717, 1.165) is 5.52 Å². The van der Waals surface area contributed by atoms with Gasteiger partial charge in [-0.1, -0.05) is 13.8 Å². The van der Waals surface area contributed by atoms with Crippen molar-refractivity contribution in [2.45, 2.75) is 32.9 Å². The number of hydrogen-bond donors (Lipinski definition) is 2. The zero-order valence-electron chi connectivity index (χ0n) is 12.7. The number of nitrogens with zero attached hydrogens (tertiary/aromatic N) is 2. The number of aromatic nitrogens is 2. The maximum Gasteiger partial charge on any atom is 0.329 e. The van der Waals surface area contributed by atoms with Gasteiger partial charge in [-0.05, 0) is 31.0 Å². The minimum absolute atomic E-state index is 0.00935. The number of esters is 1. The monoisotopic (exact) mass is 291 g/mol. The molecule has 2 aromatic rings. The van der Waals surface area contributed by atoms with Gasteiger partial charge in [-0.25, -0.2) is 9.78 Å². The lowest BCUT2D eigenvalue weighted by Crippen LogP contribution is -2.27. The standard InChI is InChI=1S/C15H21N3O3/c1-8(2)13(15(20)21-4)18-12-6-5-10(16)7-11(12)17-14(18)9(3)19/h5-9,13,19H,16H2,1-4H3. The summed E-state index contributed by atoms with van der Waals surface area (Å²) in [7, 11) is 1.36. The summed E-state index contributed by atoms with van der Waals surface area (Å²) in [5, 5.41) is 9.99. The number of carbonyl (C=O) groups excluding carboxylic acids is 1. The van der Waals surface area contributed by atoms with Crippen molar-refractivity contribution in [1.29, 1.82) is 0 Å². The molecular formula is C15H21N3O3. The number of fused-ring (bicyclic) bond motifs is 1. The smallest absolute Gasteiger partial charge is 0.329 e. The van der Waals surface area contributed by atoms with E-state index in [1.807, 2.05) is 19.9 Å². The summed E-state index contributed by atoms with van der Waals surface area (Å²) in [6.45, 7) is 5.48. The van der Waals surface area contributed by atoms with Crippen molar-refractivity contribution in [2.75, 3.05) is 12.8 Å². The topological polar surface area (TPSA) is 90.4 Å². The molecular weight excluding hydrogens is 270 g/mol. The number of nitrogen functional groups attached to an aromatic ring is 1. The molecule has 0 aliphatic rings. The number of aliphatic hydroxyl groups excluding tert-OH is 1. The van der Waals surface area contributed by atoms with Crippen LogP contribution in [0.1, 0.15) is 38.7 Å². The van der Waals surface area contributed by atoms with Gasteiger partial charge in [-0.3, -0.25) is 0 Å². The molecule has 0 bridgehead atoms. The van der Waals surface area contributed by atoms with E-state index in [1.54, 1.807) is 23.6 Å². The molecule has 6 nitrogen and oxygen atoms in total. The molecule has 1 heterocycles. The van der Waals surface area contributed by atoms with Gasteiger partial charge >= 0.3 is 5.97 Å². The molecule has 6 heteroatoms. The van der Waals surface area contributed by atoms with Crippen LogP contribution < -0.4 is 5.73 Å². The number of nitrogens with two attached hydrogens (primary N) is 1. The summed E-state index contributed by atoms with van der Waals surface area (Å²) >= 11 is 0. The number of carbonyl (C=O) groups is 1. The van der Waals surface area contributed by atoms with Gasteiger partial charge in [0.15, 0.2) is 0 Å². The van der Waals surface area contributed by atoms with E-state index < -0.39 is 12.1 Å². The Labute approximate surface area is 123 Å². The van der Waals surface area contributed by atoms with Crippen molar-refractivity contribution in [3.8, 4) is 0 Å². The lowest BCUT2D eigenvalue weighted by molar-refractivity contribution is -0.146. The number of benzene rings is 1. The normalized spacial score (nSPS) is 14.4. The molecule has 21 heavy (non-hydrogen) atoms. The first-order valence-electron chi connectivity index (χ1n) is 6.90. The number of methoxy groups -OCH3 is 1. The molecule has 0 amide bonds. The molecule has 2 unspecified atom stereocenters. The Hall–Kier alpha value is -2.08. The first kappa shape index (κ1) is 15.3. The summed E-state index contributed by atoms with van der Waals surface area (Å²) in [6.07, 6.45) is -0.801. The Kier molecular flexibility index (Phi) is 4.18. The van der Waals surface area contributed by atoms with Crippen LogP contribution in [0.4, 0.5) is 5.69 Å². The molecule has 0 spiro atoms. The van der Waals surface area contributed by atoms with Crippen LogP contribution in [-0.2, 0) is 9.53 Å². The number of ether oxygens (including phenoxy) is 1. The molecule has 2 rings (SSSR count). The van der Waals surface area contributed by atoms with Crippen LogP contribution in [0, 0.1) is 5.92 Å². The van der Waals surface area contributed by atoms with E-state index in [0.29, 0.717) is 17.0 Å². The third-order valence-corrected chi connectivity index (χ3v) is 3.47. The molecule has 1 aromatic heterocycles. The maximum atomic E-state index is 12.2. The Morgan fingerprint density at radius 1 is 1.38 bits per heavy atom. The molecule has 0 saturated heterocycles. The minimum Gasteiger partial charge on any atom is -0.467 e. The third-order valence-electron chi connectivity index (χ3n) is 3.47. The first-order chi connectivity index (χ1) is 9.86. The molecule has 0 radical (unpaired) electrons. The second-order valence-corrected chi connectivity index (χ2v) is 5.48. The van der Waals surface area contributed by atoms with Crippen LogP contribution in [0.3, 0.4) is 0 Å². The molecule has 0 saturated carbocycles. The molecule has 114 valence electrons. The van der Waals surface area contributed by atoms with Crippen molar-refractivity contribution >= 4 is 22.7 Å². The number of aliphatic hydroxyl groups is 1. The maximum absolute atomic E-state index is 12.2. The fraction of sp³-hybridized carbons (Fsp3) is 0.467. The van der Waals surface area contributed by atoms with Crippen LogP contribution in [0.2, 0.25) is 0 Å². The third kappa shape index (κ3) is 2.71. The lowest BCUT2D eigenvalue weighted by atomic mass is 10.0. The van der Waals surface area contributed by atoms with E-state index in [1.165, 1.54) is 7.11 Å². The number of hydrogen-bond acceptors (Lipinski definition) is 5. The SMILES string of the molecule is COC(=O)C(C(C)C)n1c(C(C)O)nc2cc(N)ccc21. The van der Waals surface area contributed by atoms with E-state index in [4.69, 9.17) is 10.5 Å². The fourth-order valence-electron chi connectivity index (χ4n) is 2.52. The van der Waals surface area contributed by atoms with Crippen molar-refractivity contribution in [1.82, 2.24) is 9.55 Å². The highest BCUT2D eigenvalue weighted by molar-refractivity contribution is 5.83. The van der Waals surface area contributed by atoms with E-state index >= 15 is 0 Å². The van der Waals surface area contributed by atoms with Crippen molar-refractivity contribution in [3.63, 3.8) is 0 Å². The molecule has 1 aromatic carbocycles. The van der Waals surface area contributed by atoms with E-state index in [-0.39, 0.29) is 11.9 Å². The summed E-state index contributed by atoms with van der Waals surface area (Å²) in [5.74, 6) is 0.0626. The lowest BCUT2D eigenvalue weighted by Gasteiger charge is -2.23. The molecule has 2 atom stereocenters. The van der Waals surface area contributed by atoms with Gasteiger partial charge in [-0.15, -0.1) is 0 Å². The van der Waals surface area contributed by atoms with Crippen molar-refractivity contribution in [3.05, 3.63) is 24.0 Å². The number of imidazole rings is 1. The predicted octanol–water partition coefficient (Wildman–Crippen LogP) is 2.04. The number of rotatable bonds is 4. The molecule has 0 aliphatic carbocycles. The Balaban J connectivity index is 2.74. The summed E-state index contributed by atoms with van der Waals surface area (Å²) in [4.78, 5) is 16.6. The zero-order chi connectivity index (χ0) is 15.7. The van der Waals surface area contributed by atoms with Gasteiger partial charge in [0.1, 0.15) is 18.0 Å². The van der Waals surface area contributed by atoms with Gasteiger partial charge in [0.2, 0.25) is 0 Å². The highest BCUT2D eigenvalue weighted by Crippen LogP contribution is 2.30. The van der Waals surface area contributed by atoms with Crippen LogP contribution >= 0.6 is 0 Å². The first-order valence-corrected chi connectivity index (χ1v) is 6.90. The predicted molar refractivity (Wildman–Crippen MR) is 80.7 cm³/mol. The van der Waals surface area contributed by atoms with Gasteiger partial charge in [0, 0.05) is 5.69 Å². The van der Waals surface area contributed by atoms with E-state index in [2.05, 4.69) is 4.98 Å². The van der Waals surface area contributed by atoms with Gasteiger partial charge in [-0.2, -0.15) is 0 Å². The quantitative estimate of drug-likeness (QED) is 0.664. The average molecular weight is 291 g/mol. The summed E-state index contributed by atoms with van der Waals surface area (Å²) in [6, 6.07) is 4.74. The van der Waals surface area contributed by atoms with Crippen molar-refractivity contribution in [2.24, 2.45) is 5.92 Å². The molecule has 3 N–H and O–H groups in total. The van der Waals surface area contributed by atoms with Crippen LogP contribution in [0.25, 0.3) is 11.0 Å². The van der Waals surface area contributed by atoms with Gasteiger partial charge < -0.3 is 20.1 Å². The van der Waals surface area contributed by atoms with Crippen LogP contribution in [0.15, 0.2) is 18.2 Å². The second kappa shape index (κ2) is 5.73. The molecule has 0 aliphatic heterocycles. The second-order valence-electron chi connectivity index (χ2n) is 5.48. The van der Waals surface area contributed by atoms with Gasteiger partial charge in [0.25, 0.3) is 0 Å². The van der Waals surface area contributed by atoms with E-state index in [9.17, 15) is 9.90 Å². The van der Waals surface area contributed by atoms with Gasteiger partial charge in [0.05, 0.1) is 18.1 Å². The summed E-state index contributed by atoms with van der Waals surface area (Å²) in [5.41, 5.74) is 7.77. The largest absolute Gasteiger partial charge is 0.467 e. The summed E-state index contributed by atoms with van der Waals surface area (Å²) < 4.78 is 6.66. The van der Waals surface area contributed by atoms with Crippen molar-refractivity contribution < 1.29 is 14.6 Å². The Morgan fingerprint density at radius 2 is 2.05 bits per heavy atom. The Morgan fingerprint density at radius 3 is 2.57 bits per heavy atom. The fourth-order valence-corrected chi connectivity index (χ4v) is 2.52. The highest BCUT2D eigenvalue weighted by atomic mass is 16.5.